The summed E-state index contributed by atoms with van der Waals surface area (Å²) in [4.78, 5) is 4.35. The fourth-order valence-electron chi connectivity index (χ4n) is 1.70. The van der Waals surface area contributed by atoms with Crippen molar-refractivity contribution in [1.82, 2.24) is 4.98 Å². The molecule has 0 bridgehead atoms. The van der Waals surface area contributed by atoms with Crippen molar-refractivity contribution in [2.45, 2.75) is 13.8 Å². The minimum Gasteiger partial charge on any atom is -0.370 e. The molecular weight excluding hydrogens is 229 g/mol. The molecule has 0 aliphatic carbocycles. The van der Waals surface area contributed by atoms with Crippen LogP contribution in [-0.4, -0.2) is 11.5 Å². The molecule has 0 saturated carbocycles. The van der Waals surface area contributed by atoms with Crippen molar-refractivity contribution in [2.75, 3.05) is 17.2 Å². The van der Waals surface area contributed by atoms with E-state index in [1.807, 2.05) is 38.1 Å². The molecule has 18 heavy (non-hydrogen) atoms. The van der Waals surface area contributed by atoms with Crippen LogP contribution in [0.1, 0.15) is 12.5 Å². The van der Waals surface area contributed by atoms with Gasteiger partial charge >= 0.3 is 0 Å². The Labute approximate surface area is 106 Å². The van der Waals surface area contributed by atoms with Gasteiger partial charge in [0.25, 0.3) is 0 Å². The number of nitrogens with zero attached hydrogens (tertiary/aromatic N) is 1. The second kappa shape index (κ2) is 5.49. The van der Waals surface area contributed by atoms with Crippen LogP contribution < -0.4 is 10.6 Å². The van der Waals surface area contributed by atoms with Crippen LogP contribution in [0.2, 0.25) is 0 Å². The standard InChI is InChI=1S/C14H16FN3/c1-3-16-12-8-5-9-13(17-12)18-14-10(2)6-4-7-11(14)15/h4-9H,3H2,1-2H3,(H2,16,17,18). The van der Waals surface area contributed by atoms with Crippen LogP contribution in [0.5, 0.6) is 0 Å². The lowest BCUT2D eigenvalue weighted by Crippen LogP contribution is -2.02. The largest absolute Gasteiger partial charge is 0.370 e. The summed E-state index contributed by atoms with van der Waals surface area (Å²) >= 11 is 0. The van der Waals surface area contributed by atoms with Crippen molar-refractivity contribution < 1.29 is 4.39 Å². The number of aromatic nitrogens is 1. The van der Waals surface area contributed by atoms with Gasteiger partial charge in [-0.05, 0) is 37.6 Å². The van der Waals surface area contributed by atoms with Gasteiger partial charge in [-0.2, -0.15) is 0 Å². The average Bonchev–Trinajstić information content (AvgIpc) is 2.35. The predicted octanol–water partition coefficient (Wildman–Crippen LogP) is 3.70. The summed E-state index contributed by atoms with van der Waals surface area (Å²) < 4.78 is 13.7. The third-order valence-electron chi connectivity index (χ3n) is 2.58. The first-order valence-electron chi connectivity index (χ1n) is 5.93. The molecule has 0 unspecified atom stereocenters. The molecule has 0 amide bonds. The zero-order valence-corrected chi connectivity index (χ0v) is 10.5. The number of benzene rings is 1. The molecule has 0 aliphatic rings. The minimum absolute atomic E-state index is 0.273. The quantitative estimate of drug-likeness (QED) is 0.862. The lowest BCUT2D eigenvalue weighted by molar-refractivity contribution is 0.631. The van der Waals surface area contributed by atoms with Gasteiger partial charge in [0, 0.05) is 6.54 Å². The minimum atomic E-state index is -0.273. The molecule has 0 aliphatic heterocycles. The molecule has 4 heteroatoms. The third-order valence-corrected chi connectivity index (χ3v) is 2.58. The van der Waals surface area contributed by atoms with Crippen molar-refractivity contribution in [3.8, 4) is 0 Å². The van der Waals surface area contributed by atoms with Crippen LogP contribution in [0.3, 0.4) is 0 Å². The molecule has 0 saturated heterocycles. The van der Waals surface area contributed by atoms with E-state index in [9.17, 15) is 4.39 Å². The van der Waals surface area contributed by atoms with Gasteiger partial charge in [0.1, 0.15) is 17.5 Å². The summed E-state index contributed by atoms with van der Waals surface area (Å²) in [5.41, 5.74) is 1.32. The zero-order chi connectivity index (χ0) is 13.0. The fraction of sp³-hybridized carbons (Fsp3) is 0.214. The molecule has 2 aromatic rings. The van der Waals surface area contributed by atoms with Gasteiger partial charge in [0.2, 0.25) is 0 Å². The summed E-state index contributed by atoms with van der Waals surface area (Å²) in [6.07, 6.45) is 0. The van der Waals surface area contributed by atoms with E-state index in [1.54, 1.807) is 6.07 Å². The highest BCUT2D eigenvalue weighted by Crippen LogP contribution is 2.23. The van der Waals surface area contributed by atoms with Gasteiger partial charge in [0.15, 0.2) is 0 Å². The highest BCUT2D eigenvalue weighted by molar-refractivity contribution is 5.62. The summed E-state index contributed by atoms with van der Waals surface area (Å²) in [6.45, 7) is 4.66. The first-order chi connectivity index (χ1) is 8.70. The van der Waals surface area contributed by atoms with Crippen molar-refractivity contribution in [3.05, 3.63) is 47.8 Å². The second-order valence-corrected chi connectivity index (χ2v) is 4.00. The maximum atomic E-state index is 13.7. The number of nitrogens with one attached hydrogen (secondary N) is 2. The highest BCUT2D eigenvalue weighted by Gasteiger charge is 2.06. The average molecular weight is 245 g/mol. The molecule has 1 heterocycles. The Balaban J connectivity index is 2.26. The molecule has 2 N–H and O–H groups in total. The number of hydrogen-bond donors (Lipinski definition) is 2. The first kappa shape index (κ1) is 12.4. The normalized spacial score (nSPS) is 10.2. The highest BCUT2D eigenvalue weighted by atomic mass is 19.1. The molecular formula is C14H16FN3. The van der Waals surface area contributed by atoms with E-state index >= 15 is 0 Å². The Morgan fingerprint density at radius 2 is 1.83 bits per heavy atom. The van der Waals surface area contributed by atoms with Crippen LogP contribution in [-0.2, 0) is 0 Å². The van der Waals surface area contributed by atoms with Crippen molar-refractivity contribution in [3.63, 3.8) is 0 Å². The molecule has 0 atom stereocenters. The maximum Gasteiger partial charge on any atom is 0.146 e. The number of aryl methyl sites for hydroxylation is 1. The van der Waals surface area contributed by atoms with Gasteiger partial charge in [-0.1, -0.05) is 18.2 Å². The molecule has 1 aromatic carbocycles. The summed E-state index contributed by atoms with van der Waals surface area (Å²) in [6, 6.07) is 10.6. The summed E-state index contributed by atoms with van der Waals surface area (Å²) in [5, 5.41) is 6.13. The van der Waals surface area contributed by atoms with Crippen molar-refractivity contribution in [1.29, 1.82) is 0 Å². The van der Waals surface area contributed by atoms with Crippen molar-refractivity contribution in [2.24, 2.45) is 0 Å². The Hall–Kier alpha value is -2.10. The number of pyridine rings is 1. The topological polar surface area (TPSA) is 37.0 Å². The Morgan fingerprint density at radius 3 is 2.56 bits per heavy atom. The van der Waals surface area contributed by atoms with Gasteiger partial charge < -0.3 is 10.6 Å². The molecule has 0 fully saturated rings. The lowest BCUT2D eigenvalue weighted by Gasteiger charge is -2.11. The van der Waals surface area contributed by atoms with Crippen LogP contribution in [0, 0.1) is 12.7 Å². The van der Waals surface area contributed by atoms with Crippen LogP contribution in [0.25, 0.3) is 0 Å². The SMILES string of the molecule is CCNc1cccc(Nc2c(C)cccc2F)n1. The van der Waals surface area contributed by atoms with E-state index in [4.69, 9.17) is 0 Å². The van der Waals surface area contributed by atoms with Gasteiger partial charge in [-0.3, -0.25) is 0 Å². The Bertz CT molecular complexity index is 520. The Morgan fingerprint density at radius 1 is 1.11 bits per heavy atom. The molecule has 1 aromatic heterocycles. The van der Waals surface area contributed by atoms with Gasteiger partial charge in [-0.15, -0.1) is 0 Å². The number of rotatable bonds is 4. The maximum absolute atomic E-state index is 13.7. The van der Waals surface area contributed by atoms with Crippen LogP contribution in [0.15, 0.2) is 36.4 Å². The van der Waals surface area contributed by atoms with E-state index in [0.29, 0.717) is 11.5 Å². The lowest BCUT2D eigenvalue weighted by atomic mass is 10.2. The zero-order valence-electron chi connectivity index (χ0n) is 10.5. The smallest absolute Gasteiger partial charge is 0.146 e. The molecule has 2 rings (SSSR count). The second-order valence-electron chi connectivity index (χ2n) is 4.00. The fourth-order valence-corrected chi connectivity index (χ4v) is 1.70. The third kappa shape index (κ3) is 2.77. The molecule has 0 radical (unpaired) electrons. The van der Waals surface area contributed by atoms with Crippen molar-refractivity contribution >= 4 is 17.3 Å². The summed E-state index contributed by atoms with van der Waals surface area (Å²) in [5.74, 6) is 1.13. The monoisotopic (exact) mass is 245 g/mol. The van der Waals surface area contributed by atoms with E-state index in [0.717, 1.165) is 17.9 Å². The number of hydrogen-bond acceptors (Lipinski definition) is 3. The summed E-state index contributed by atoms with van der Waals surface area (Å²) in [7, 11) is 0. The number of para-hydroxylation sites is 1. The van der Waals surface area contributed by atoms with Gasteiger partial charge in [-0.25, -0.2) is 9.37 Å². The Kier molecular flexibility index (Phi) is 3.77. The van der Waals surface area contributed by atoms with E-state index in [2.05, 4.69) is 15.6 Å². The van der Waals surface area contributed by atoms with E-state index < -0.39 is 0 Å². The number of anilines is 3. The molecule has 0 spiro atoms. The predicted molar refractivity (Wildman–Crippen MR) is 72.8 cm³/mol. The van der Waals surface area contributed by atoms with E-state index in [1.165, 1.54) is 6.07 Å². The molecule has 3 nitrogen and oxygen atoms in total. The van der Waals surface area contributed by atoms with Gasteiger partial charge in [0.05, 0.1) is 5.69 Å². The molecule has 94 valence electrons. The number of halogens is 1. The van der Waals surface area contributed by atoms with Crippen LogP contribution in [0.4, 0.5) is 21.7 Å². The van der Waals surface area contributed by atoms with Crippen LogP contribution >= 0.6 is 0 Å². The van der Waals surface area contributed by atoms with E-state index in [-0.39, 0.29) is 5.82 Å². The first-order valence-corrected chi connectivity index (χ1v) is 5.93.